The zero-order valence-corrected chi connectivity index (χ0v) is 16.0. The number of nitrogens with two attached hydrogens (primary N) is 2. The first-order valence-corrected chi connectivity index (χ1v) is 7.44. The lowest BCUT2D eigenvalue weighted by atomic mass is 10.0. The van der Waals surface area contributed by atoms with Gasteiger partial charge in [-0.15, -0.1) is 24.0 Å². The van der Waals surface area contributed by atoms with Gasteiger partial charge in [-0.3, -0.25) is 9.89 Å². The maximum atomic E-state index is 5.97. The molecule has 1 saturated heterocycles. The van der Waals surface area contributed by atoms with E-state index in [4.69, 9.17) is 27.8 Å². The Kier molecular flexibility index (Phi) is 7.37. The molecular weight excluding hydrogens is 415 g/mol. The first kappa shape index (κ1) is 19.5. The van der Waals surface area contributed by atoms with E-state index in [1.54, 1.807) is 0 Å². The molecule has 1 aliphatic rings. The van der Waals surface area contributed by atoms with Crippen LogP contribution in [0, 0.1) is 0 Å². The lowest BCUT2D eigenvalue weighted by Crippen LogP contribution is -2.50. The monoisotopic (exact) mass is 438 g/mol. The number of hydrogen-bond donors (Lipinski definition) is 2. The minimum atomic E-state index is -0.166. The van der Waals surface area contributed by atoms with E-state index in [0.717, 1.165) is 23.7 Å². The molecule has 1 heterocycles. The maximum Gasteiger partial charge on any atom is 0.185 e. The molecule has 0 bridgehead atoms. The van der Waals surface area contributed by atoms with Gasteiger partial charge in [-0.2, -0.15) is 0 Å². The fourth-order valence-electron chi connectivity index (χ4n) is 2.63. The molecule has 1 aromatic carbocycles. The quantitative estimate of drug-likeness (QED) is 0.430. The molecule has 1 atom stereocenters. The number of benzene rings is 1. The van der Waals surface area contributed by atoms with Crippen LogP contribution in [0.4, 0.5) is 0 Å². The molecule has 0 saturated carbocycles. The molecule has 124 valence electrons. The minimum absolute atomic E-state index is 0. The van der Waals surface area contributed by atoms with Crippen LogP contribution >= 0.6 is 35.6 Å². The Bertz CT molecular complexity index is 503. The van der Waals surface area contributed by atoms with Gasteiger partial charge in [-0.05, 0) is 31.5 Å². The van der Waals surface area contributed by atoms with Gasteiger partial charge in [0.25, 0.3) is 0 Å². The molecular formula is C15H24ClIN4O. The summed E-state index contributed by atoms with van der Waals surface area (Å²) in [6.45, 7) is 7.12. The Morgan fingerprint density at radius 3 is 2.55 bits per heavy atom. The highest BCUT2D eigenvalue weighted by Gasteiger charge is 2.31. The van der Waals surface area contributed by atoms with Crippen molar-refractivity contribution in [3.8, 4) is 0 Å². The summed E-state index contributed by atoms with van der Waals surface area (Å²) in [6, 6.07) is 7.96. The molecule has 0 aliphatic carbocycles. The average molecular weight is 439 g/mol. The van der Waals surface area contributed by atoms with E-state index in [9.17, 15) is 0 Å². The molecule has 4 N–H and O–H groups in total. The van der Waals surface area contributed by atoms with E-state index in [1.807, 2.05) is 24.3 Å². The fourth-order valence-corrected chi connectivity index (χ4v) is 2.75. The van der Waals surface area contributed by atoms with Crippen LogP contribution in [0.5, 0.6) is 0 Å². The summed E-state index contributed by atoms with van der Waals surface area (Å²) in [5.74, 6) is 0.112. The Morgan fingerprint density at radius 1 is 1.36 bits per heavy atom. The van der Waals surface area contributed by atoms with Crippen molar-refractivity contribution >= 4 is 41.5 Å². The van der Waals surface area contributed by atoms with E-state index in [-0.39, 0.29) is 41.6 Å². The molecule has 0 radical (unpaired) electrons. The number of aliphatic imine (C=N–C) groups is 1. The molecule has 5 nitrogen and oxygen atoms in total. The number of nitrogens with zero attached hydrogens (tertiary/aromatic N) is 2. The number of morpholine rings is 1. The highest BCUT2D eigenvalue weighted by Crippen LogP contribution is 2.28. The Hall–Kier alpha value is -0.570. The number of ether oxygens (including phenoxy) is 1. The normalized spacial score (nSPS) is 19.0. The van der Waals surface area contributed by atoms with Gasteiger partial charge in [-0.1, -0.05) is 23.7 Å². The van der Waals surface area contributed by atoms with E-state index >= 15 is 0 Å². The van der Waals surface area contributed by atoms with Crippen LogP contribution < -0.4 is 11.5 Å². The molecule has 1 aliphatic heterocycles. The SMILES string of the molecule is CC1(C)CN(C(CN=C(N)N)c2ccc(Cl)cc2)CCO1.I. The van der Waals surface area contributed by atoms with Crippen LogP contribution in [-0.4, -0.2) is 42.7 Å². The minimum Gasteiger partial charge on any atom is -0.373 e. The third kappa shape index (κ3) is 5.57. The van der Waals surface area contributed by atoms with Crippen LogP contribution in [0.25, 0.3) is 0 Å². The predicted octanol–water partition coefficient (Wildman–Crippen LogP) is 2.38. The van der Waals surface area contributed by atoms with Crippen LogP contribution in [-0.2, 0) is 4.74 Å². The Balaban J connectivity index is 0.00000242. The molecule has 0 aromatic heterocycles. The van der Waals surface area contributed by atoms with E-state index in [0.29, 0.717) is 13.2 Å². The van der Waals surface area contributed by atoms with Crippen molar-refractivity contribution in [2.24, 2.45) is 16.5 Å². The zero-order valence-electron chi connectivity index (χ0n) is 13.0. The van der Waals surface area contributed by atoms with Gasteiger partial charge < -0.3 is 16.2 Å². The molecule has 1 unspecified atom stereocenters. The number of rotatable bonds is 4. The molecule has 7 heteroatoms. The van der Waals surface area contributed by atoms with Gasteiger partial charge in [0.2, 0.25) is 0 Å². The summed E-state index contributed by atoms with van der Waals surface area (Å²) in [7, 11) is 0. The second-order valence-electron chi connectivity index (χ2n) is 5.91. The van der Waals surface area contributed by atoms with E-state index in [2.05, 4.69) is 23.7 Å². The van der Waals surface area contributed by atoms with Crippen LogP contribution in [0.15, 0.2) is 29.3 Å². The van der Waals surface area contributed by atoms with Crippen LogP contribution in [0.3, 0.4) is 0 Å². The second kappa shape index (κ2) is 8.33. The summed E-state index contributed by atoms with van der Waals surface area (Å²) in [4.78, 5) is 6.56. The topological polar surface area (TPSA) is 76.9 Å². The van der Waals surface area contributed by atoms with Gasteiger partial charge in [-0.25, -0.2) is 0 Å². The molecule has 0 amide bonds. The van der Waals surface area contributed by atoms with Crippen LogP contribution in [0.2, 0.25) is 5.02 Å². The maximum absolute atomic E-state index is 5.97. The number of hydrogen-bond acceptors (Lipinski definition) is 3. The third-order valence-electron chi connectivity index (χ3n) is 3.60. The van der Waals surface area contributed by atoms with Crippen molar-refractivity contribution in [3.05, 3.63) is 34.9 Å². The molecule has 0 spiro atoms. The molecule has 1 fully saturated rings. The lowest BCUT2D eigenvalue weighted by Gasteiger charge is -2.42. The Morgan fingerprint density at radius 2 is 2.00 bits per heavy atom. The van der Waals surface area contributed by atoms with Gasteiger partial charge in [0.1, 0.15) is 0 Å². The van der Waals surface area contributed by atoms with E-state index < -0.39 is 0 Å². The largest absolute Gasteiger partial charge is 0.373 e. The summed E-state index contributed by atoms with van der Waals surface area (Å²) >= 11 is 5.97. The van der Waals surface area contributed by atoms with Gasteiger partial charge in [0.15, 0.2) is 5.96 Å². The second-order valence-corrected chi connectivity index (χ2v) is 6.35. The standard InChI is InChI=1S/C15H23ClN4O.HI/c1-15(2)10-20(7-8-21-15)13(9-19-14(17)18)11-3-5-12(16)6-4-11;/h3-6,13H,7-10H2,1-2H3,(H4,17,18,19);1H. The van der Waals surface area contributed by atoms with Crippen molar-refractivity contribution in [3.63, 3.8) is 0 Å². The predicted molar refractivity (Wildman–Crippen MR) is 102 cm³/mol. The fraction of sp³-hybridized carbons (Fsp3) is 0.533. The number of guanidine groups is 1. The summed E-state index contributed by atoms with van der Waals surface area (Å²) in [5, 5.41) is 0.724. The first-order valence-electron chi connectivity index (χ1n) is 7.06. The van der Waals surface area contributed by atoms with Crippen molar-refractivity contribution in [1.82, 2.24) is 4.90 Å². The Labute approximate surface area is 154 Å². The average Bonchev–Trinajstić information content (AvgIpc) is 2.39. The van der Waals surface area contributed by atoms with Gasteiger partial charge in [0, 0.05) is 18.1 Å². The molecule has 22 heavy (non-hydrogen) atoms. The molecule has 2 rings (SSSR count). The highest BCUT2D eigenvalue weighted by molar-refractivity contribution is 14.0. The molecule has 1 aromatic rings. The van der Waals surface area contributed by atoms with Gasteiger partial charge in [0.05, 0.1) is 24.8 Å². The third-order valence-corrected chi connectivity index (χ3v) is 3.85. The summed E-state index contributed by atoms with van der Waals surface area (Å²) < 4.78 is 5.78. The van der Waals surface area contributed by atoms with Crippen molar-refractivity contribution in [2.45, 2.75) is 25.5 Å². The van der Waals surface area contributed by atoms with Gasteiger partial charge >= 0.3 is 0 Å². The number of halogens is 2. The van der Waals surface area contributed by atoms with Crippen LogP contribution in [0.1, 0.15) is 25.5 Å². The van der Waals surface area contributed by atoms with E-state index in [1.165, 1.54) is 0 Å². The van der Waals surface area contributed by atoms with Crippen molar-refractivity contribution < 1.29 is 4.74 Å². The zero-order chi connectivity index (χ0) is 15.5. The lowest BCUT2D eigenvalue weighted by molar-refractivity contribution is -0.0966. The summed E-state index contributed by atoms with van der Waals surface area (Å²) in [5.41, 5.74) is 12.0. The van der Waals surface area contributed by atoms with Crippen molar-refractivity contribution in [1.29, 1.82) is 0 Å². The highest BCUT2D eigenvalue weighted by atomic mass is 127. The summed E-state index contributed by atoms with van der Waals surface area (Å²) in [6.07, 6.45) is 0. The first-order chi connectivity index (χ1) is 9.87. The van der Waals surface area contributed by atoms with Crippen molar-refractivity contribution in [2.75, 3.05) is 26.2 Å². The smallest absolute Gasteiger partial charge is 0.185 e.